The number of amides is 2. The minimum atomic E-state index is -2.60. The van der Waals surface area contributed by atoms with Crippen molar-refractivity contribution in [2.24, 2.45) is 0 Å². The van der Waals surface area contributed by atoms with E-state index >= 15 is 0 Å². The van der Waals surface area contributed by atoms with E-state index in [0.29, 0.717) is 16.4 Å². The van der Waals surface area contributed by atoms with Gasteiger partial charge in [0.2, 0.25) is 0 Å². The number of hydrogen-bond acceptors (Lipinski definition) is 3. The minimum Gasteiger partial charge on any atom is -0.315 e. The maximum atomic E-state index is 13.9. The second kappa shape index (κ2) is 12.5. The fourth-order valence-electron chi connectivity index (χ4n) is 4.42. The summed E-state index contributed by atoms with van der Waals surface area (Å²) in [6, 6.07) is 42.3. The molecule has 0 radical (unpaired) electrons. The SMILES string of the molecule is O=C(Nc1ccc(Cl)cn1)/C(=C/[P+](c1ccccc1)(c1ccccc1)c1ccccc1)NC(=O)c1ccccc1. The number of benzene rings is 4. The van der Waals surface area contributed by atoms with E-state index in [9.17, 15) is 9.59 Å². The van der Waals surface area contributed by atoms with Crippen molar-refractivity contribution < 1.29 is 9.59 Å². The molecule has 0 aliphatic heterocycles. The molecule has 40 heavy (non-hydrogen) atoms. The highest BCUT2D eigenvalue weighted by Gasteiger charge is 2.45. The smallest absolute Gasteiger partial charge is 0.276 e. The molecule has 0 aliphatic rings. The number of hydrogen-bond donors (Lipinski definition) is 2. The molecule has 5 rings (SSSR count). The predicted molar refractivity (Wildman–Crippen MR) is 165 cm³/mol. The topological polar surface area (TPSA) is 71.1 Å². The molecule has 0 bridgehead atoms. The van der Waals surface area contributed by atoms with Crippen molar-refractivity contribution in [2.75, 3.05) is 5.32 Å². The monoisotopic (exact) mass is 562 g/mol. The van der Waals surface area contributed by atoms with Gasteiger partial charge in [0.15, 0.2) is 0 Å². The van der Waals surface area contributed by atoms with Gasteiger partial charge in [0.05, 0.1) is 5.02 Å². The van der Waals surface area contributed by atoms with Gasteiger partial charge >= 0.3 is 0 Å². The first-order chi connectivity index (χ1) is 19.6. The molecular weight excluding hydrogens is 537 g/mol. The Labute approximate surface area is 238 Å². The highest BCUT2D eigenvalue weighted by atomic mass is 35.5. The summed E-state index contributed by atoms with van der Waals surface area (Å²) >= 11 is 6.00. The van der Waals surface area contributed by atoms with Gasteiger partial charge in [-0.1, -0.05) is 84.4 Å². The molecule has 196 valence electrons. The maximum absolute atomic E-state index is 13.9. The molecule has 0 atom stereocenters. The summed E-state index contributed by atoms with van der Waals surface area (Å²) in [7, 11) is -2.60. The molecule has 0 spiro atoms. The molecule has 0 aliphatic carbocycles. The third-order valence-electron chi connectivity index (χ3n) is 6.31. The number of nitrogens with one attached hydrogen (secondary N) is 2. The lowest BCUT2D eigenvalue weighted by Crippen LogP contribution is -2.35. The van der Waals surface area contributed by atoms with Gasteiger partial charge in [0.25, 0.3) is 11.8 Å². The summed E-state index contributed by atoms with van der Waals surface area (Å²) in [5.74, 6) is 1.36. The van der Waals surface area contributed by atoms with Crippen molar-refractivity contribution in [3.8, 4) is 0 Å². The third kappa shape index (κ3) is 6.02. The van der Waals surface area contributed by atoms with E-state index < -0.39 is 19.1 Å². The highest BCUT2D eigenvalue weighted by Crippen LogP contribution is 2.57. The third-order valence-corrected chi connectivity index (χ3v) is 10.5. The quantitative estimate of drug-likeness (QED) is 0.182. The van der Waals surface area contributed by atoms with Crippen LogP contribution in [0.3, 0.4) is 0 Å². The van der Waals surface area contributed by atoms with Crippen LogP contribution in [0.5, 0.6) is 0 Å². The van der Waals surface area contributed by atoms with Crippen molar-refractivity contribution in [3.05, 3.63) is 162 Å². The summed E-state index contributed by atoms with van der Waals surface area (Å²) in [5, 5.41) is 9.31. The molecule has 4 aromatic carbocycles. The van der Waals surface area contributed by atoms with Gasteiger partial charge < -0.3 is 10.6 Å². The Morgan fingerprint density at radius 3 is 1.57 bits per heavy atom. The minimum absolute atomic E-state index is 0.121. The molecule has 0 fully saturated rings. The Balaban J connectivity index is 1.72. The summed E-state index contributed by atoms with van der Waals surface area (Å²) < 4.78 is 0. The van der Waals surface area contributed by atoms with Crippen LogP contribution in [-0.2, 0) is 4.79 Å². The van der Waals surface area contributed by atoms with E-state index in [1.807, 2.05) is 66.5 Å². The van der Waals surface area contributed by atoms with Crippen LogP contribution in [0.15, 0.2) is 151 Å². The molecule has 0 saturated heterocycles. The van der Waals surface area contributed by atoms with Gasteiger partial charge in [0.1, 0.15) is 40.5 Å². The van der Waals surface area contributed by atoms with Gasteiger partial charge in [-0.05, 0) is 60.7 Å². The van der Waals surface area contributed by atoms with Crippen LogP contribution in [-0.4, -0.2) is 16.8 Å². The lowest BCUT2D eigenvalue weighted by Gasteiger charge is -2.25. The second-order valence-electron chi connectivity index (χ2n) is 8.91. The first kappa shape index (κ1) is 27.0. The first-order valence-corrected chi connectivity index (χ1v) is 14.9. The van der Waals surface area contributed by atoms with Gasteiger partial charge in [-0.15, -0.1) is 0 Å². The molecular formula is C33H26ClN3O2P+. The number of nitrogens with zero attached hydrogens (tertiary/aromatic N) is 1. The molecule has 2 amide bonds. The predicted octanol–water partition coefficient (Wildman–Crippen LogP) is 5.94. The average molecular weight is 563 g/mol. The summed E-state index contributed by atoms with van der Waals surface area (Å²) in [6.45, 7) is 0. The van der Waals surface area contributed by atoms with E-state index in [-0.39, 0.29) is 5.70 Å². The molecule has 1 heterocycles. The summed E-state index contributed by atoms with van der Waals surface area (Å²) in [5.41, 5.74) is 0.560. The van der Waals surface area contributed by atoms with Gasteiger partial charge in [0, 0.05) is 11.8 Å². The van der Waals surface area contributed by atoms with Crippen molar-refractivity contribution in [1.82, 2.24) is 10.3 Å². The Bertz CT molecular complexity index is 1520. The van der Waals surface area contributed by atoms with Crippen molar-refractivity contribution >= 4 is 52.4 Å². The number of carbonyl (C=O) groups excluding carboxylic acids is 2. The van der Waals surface area contributed by atoms with Crippen LogP contribution >= 0.6 is 18.9 Å². The Hall–Kier alpha value is -4.57. The van der Waals surface area contributed by atoms with Gasteiger partial charge in [-0.2, -0.15) is 0 Å². The van der Waals surface area contributed by atoms with E-state index in [0.717, 1.165) is 15.9 Å². The summed E-state index contributed by atoms with van der Waals surface area (Å²) in [4.78, 5) is 31.5. The number of halogens is 1. The lowest BCUT2D eigenvalue weighted by molar-refractivity contribution is -0.113. The zero-order valence-corrected chi connectivity index (χ0v) is 23.1. The maximum Gasteiger partial charge on any atom is 0.276 e. The van der Waals surface area contributed by atoms with Crippen LogP contribution in [0.1, 0.15) is 10.4 Å². The number of pyridine rings is 1. The van der Waals surface area contributed by atoms with Crippen LogP contribution in [0.4, 0.5) is 5.82 Å². The number of aromatic nitrogens is 1. The van der Waals surface area contributed by atoms with Crippen LogP contribution < -0.4 is 26.5 Å². The van der Waals surface area contributed by atoms with Gasteiger partial charge in [-0.25, -0.2) is 4.98 Å². The fraction of sp³-hybridized carbons (Fsp3) is 0. The highest BCUT2D eigenvalue weighted by molar-refractivity contribution is 7.98. The first-order valence-electron chi connectivity index (χ1n) is 12.6. The second-order valence-corrected chi connectivity index (χ2v) is 12.6. The van der Waals surface area contributed by atoms with Crippen molar-refractivity contribution in [2.45, 2.75) is 0 Å². The van der Waals surface area contributed by atoms with E-state index in [1.54, 1.807) is 36.4 Å². The van der Waals surface area contributed by atoms with Crippen molar-refractivity contribution in [3.63, 3.8) is 0 Å². The van der Waals surface area contributed by atoms with Gasteiger partial charge in [-0.3, -0.25) is 9.59 Å². The van der Waals surface area contributed by atoms with E-state index in [4.69, 9.17) is 11.6 Å². The largest absolute Gasteiger partial charge is 0.315 e. The summed E-state index contributed by atoms with van der Waals surface area (Å²) in [6.07, 6.45) is 1.46. The number of carbonyl (C=O) groups is 2. The molecule has 5 nitrogen and oxygen atoms in total. The van der Waals surface area contributed by atoms with E-state index in [2.05, 4.69) is 52.0 Å². The molecule has 1 aromatic heterocycles. The van der Waals surface area contributed by atoms with Crippen LogP contribution in [0.2, 0.25) is 5.02 Å². The van der Waals surface area contributed by atoms with Crippen molar-refractivity contribution in [1.29, 1.82) is 0 Å². The Kier molecular flexibility index (Phi) is 8.46. The standard InChI is InChI=1S/C33H25ClN3O2P/c34-26-21-22-31(35-23-26)37-33(39)30(36-32(38)25-13-5-1-6-14-25)24-40(27-15-7-2-8-16-27,28-17-9-3-10-18-28)29-19-11-4-12-20-29/h1-24H,(H-,35,36,37,38,39)/p+1/b30-24-. The zero-order chi connectivity index (χ0) is 27.8. The normalized spacial score (nSPS) is 11.5. The zero-order valence-electron chi connectivity index (χ0n) is 21.4. The Morgan fingerprint density at radius 2 is 1.12 bits per heavy atom. The number of anilines is 1. The fourth-order valence-corrected chi connectivity index (χ4v) is 8.37. The lowest BCUT2D eigenvalue weighted by atomic mass is 10.2. The Morgan fingerprint density at radius 1 is 0.650 bits per heavy atom. The molecule has 5 aromatic rings. The molecule has 2 N–H and O–H groups in total. The number of rotatable bonds is 8. The molecule has 7 heteroatoms. The van der Waals surface area contributed by atoms with E-state index in [1.165, 1.54) is 6.20 Å². The van der Waals surface area contributed by atoms with Crippen LogP contribution in [0, 0.1) is 0 Å². The molecule has 0 saturated carbocycles. The average Bonchev–Trinajstić information content (AvgIpc) is 3.02. The van der Waals surface area contributed by atoms with Crippen LogP contribution in [0.25, 0.3) is 0 Å². The molecule has 0 unspecified atom stereocenters.